The highest BCUT2D eigenvalue weighted by atomic mass is 32.2. The van der Waals surface area contributed by atoms with E-state index in [9.17, 15) is 13.2 Å². The molecule has 0 aliphatic rings. The zero-order chi connectivity index (χ0) is 19.3. The van der Waals surface area contributed by atoms with Crippen LogP contribution in [0.25, 0.3) is 0 Å². The number of amides is 1. The molecule has 2 aromatic carbocycles. The van der Waals surface area contributed by atoms with Gasteiger partial charge in [0, 0.05) is 6.26 Å². The van der Waals surface area contributed by atoms with E-state index in [-0.39, 0.29) is 16.8 Å². The van der Waals surface area contributed by atoms with E-state index in [1.165, 1.54) is 6.26 Å². The summed E-state index contributed by atoms with van der Waals surface area (Å²) in [5, 5.41) is 2.90. The molecule has 0 aliphatic heterocycles. The number of ether oxygens (including phenoxy) is 1. The third-order valence-corrected chi connectivity index (χ3v) is 5.32. The molecule has 0 radical (unpaired) electrons. The zero-order valence-electron chi connectivity index (χ0n) is 15.5. The molecule has 0 saturated carbocycles. The molecule has 0 aromatic heterocycles. The smallest absolute Gasteiger partial charge is 0.261 e. The summed E-state index contributed by atoms with van der Waals surface area (Å²) in [7, 11) is -3.23. The van der Waals surface area contributed by atoms with Gasteiger partial charge in [0.1, 0.15) is 5.75 Å². The van der Waals surface area contributed by atoms with E-state index >= 15 is 0 Å². The quantitative estimate of drug-likeness (QED) is 0.806. The predicted molar refractivity (Wildman–Crippen MR) is 102 cm³/mol. The number of carbonyl (C=O) groups is 1. The van der Waals surface area contributed by atoms with Crippen LogP contribution in [0.1, 0.15) is 37.9 Å². The highest BCUT2D eigenvalue weighted by Crippen LogP contribution is 2.20. The van der Waals surface area contributed by atoms with Crippen molar-refractivity contribution in [3.63, 3.8) is 0 Å². The van der Waals surface area contributed by atoms with Gasteiger partial charge in [-0.05, 0) is 49.6 Å². The van der Waals surface area contributed by atoms with E-state index in [1.54, 1.807) is 31.2 Å². The van der Waals surface area contributed by atoms with Crippen LogP contribution in [0.15, 0.2) is 53.4 Å². The first-order chi connectivity index (χ1) is 12.2. The average Bonchev–Trinajstić information content (AvgIpc) is 2.61. The fraction of sp³-hybridized carbons (Fsp3) is 0.350. The van der Waals surface area contributed by atoms with Crippen molar-refractivity contribution in [2.75, 3.05) is 6.26 Å². The monoisotopic (exact) mass is 375 g/mol. The number of carbonyl (C=O) groups excluding carboxylic acids is 1. The second kappa shape index (κ2) is 8.36. The van der Waals surface area contributed by atoms with Crippen LogP contribution in [0.4, 0.5) is 0 Å². The van der Waals surface area contributed by atoms with Crippen LogP contribution < -0.4 is 10.1 Å². The first kappa shape index (κ1) is 20.0. The van der Waals surface area contributed by atoms with Gasteiger partial charge in [-0.15, -0.1) is 0 Å². The Kier molecular flexibility index (Phi) is 6.42. The number of benzene rings is 2. The molecule has 26 heavy (non-hydrogen) atoms. The molecular formula is C20H25NO4S. The summed E-state index contributed by atoms with van der Waals surface area (Å²) in [6.45, 7) is 5.59. The van der Waals surface area contributed by atoms with Crippen LogP contribution in [-0.4, -0.2) is 26.7 Å². The first-order valence-electron chi connectivity index (χ1n) is 8.57. The van der Waals surface area contributed by atoms with Gasteiger partial charge >= 0.3 is 0 Å². The third-order valence-electron chi connectivity index (χ3n) is 4.19. The molecular weight excluding hydrogens is 350 g/mol. The van der Waals surface area contributed by atoms with Gasteiger partial charge in [-0.1, -0.05) is 37.3 Å². The van der Waals surface area contributed by atoms with Gasteiger partial charge < -0.3 is 10.1 Å². The number of aryl methyl sites for hydroxylation is 1. The van der Waals surface area contributed by atoms with Gasteiger partial charge in [0.05, 0.1) is 10.9 Å². The SMILES string of the molecule is CCc1ccccc1O[C@H](C)C(=O)N[C@@H](C)c1ccc(S(C)(=O)=O)cc1. The molecule has 2 aromatic rings. The predicted octanol–water partition coefficient (Wildman–Crippen LogP) is 3.30. The number of para-hydroxylation sites is 1. The van der Waals surface area contributed by atoms with Gasteiger partial charge in [-0.2, -0.15) is 0 Å². The van der Waals surface area contributed by atoms with Gasteiger partial charge in [0.15, 0.2) is 15.9 Å². The lowest BCUT2D eigenvalue weighted by atomic mass is 10.1. The summed E-state index contributed by atoms with van der Waals surface area (Å²) in [5.74, 6) is 0.485. The second-order valence-electron chi connectivity index (χ2n) is 6.29. The van der Waals surface area contributed by atoms with E-state index in [2.05, 4.69) is 5.32 Å². The summed E-state index contributed by atoms with van der Waals surface area (Å²) in [4.78, 5) is 12.7. The molecule has 140 valence electrons. The molecule has 2 atom stereocenters. The maximum atomic E-state index is 12.4. The van der Waals surface area contributed by atoms with Crippen molar-refractivity contribution in [2.45, 2.75) is 44.2 Å². The van der Waals surface area contributed by atoms with Gasteiger partial charge in [-0.25, -0.2) is 8.42 Å². The number of rotatable bonds is 7. The Hall–Kier alpha value is -2.34. The highest BCUT2D eigenvalue weighted by molar-refractivity contribution is 7.90. The summed E-state index contributed by atoms with van der Waals surface area (Å²) in [5.41, 5.74) is 1.88. The number of nitrogens with one attached hydrogen (secondary N) is 1. The summed E-state index contributed by atoms with van der Waals surface area (Å²) in [6, 6.07) is 13.9. The second-order valence-corrected chi connectivity index (χ2v) is 8.31. The first-order valence-corrected chi connectivity index (χ1v) is 10.5. The Bertz CT molecular complexity index is 860. The number of hydrogen-bond acceptors (Lipinski definition) is 4. The molecule has 1 N–H and O–H groups in total. The Morgan fingerprint density at radius 1 is 1.08 bits per heavy atom. The van der Waals surface area contributed by atoms with Gasteiger partial charge in [-0.3, -0.25) is 4.79 Å². The van der Waals surface area contributed by atoms with Crippen LogP contribution >= 0.6 is 0 Å². The maximum absolute atomic E-state index is 12.4. The lowest BCUT2D eigenvalue weighted by Crippen LogP contribution is -2.37. The van der Waals surface area contributed by atoms with Crippen molar-refractivity contribution >= 4 is 15.7 Å². The summed E-state index contributed by atoms with van der Waals surface area (Å²) >= 11 is 0. The number of hydrogen-bond donors (Lipinski definition) is 1. The molecule has 0 fully saturated rings. The van der Waals surface area contributed by atoms with Crippen molar-refractivity contribution in [1.82, 2.24) is 5.32 Å². The van der Waals surface area contributed by atoms with Crippen LogP contribution in [-0.2, 0) is 21.1 Å². The Morgan fingerprint density at radius 3 is 2.27 bits per heavy atom. The van der Waals surface area contributed by atoms with Crippen LogP contribution in [0.5, 0.6) is 5.75 Å². The molecule has 5 nitrogen and oxygen atoms in total. The maximum Gasteiger partial charge on any atom is 0.261 e. The van der Waals surface area contributed by atoms with E-state index in [0.717, 1.165) is 17.5 Å². The van der Waals surface area contributed by atoms with Crippen LogP contribution in [0.2, 0.25) is 0 Å². The highest BCUT2D eigenvalue weighted by Gasteiger charge is 2.19. The fourth-order valence-electron chi connectivity index (χ4n) is 2.57. The molecule has 0 bridgehead atoms. The summed E-state index contributed by atoms with van der Waals surface area (Å²) < 4.78 is 28.8. The van der Waals surface area contributed by atoms with Crippen LogP contribution in [0.3, 0.4) is 0 Å². The van der Waals surface area contributed by atoms with Gasteiger partial charge in [0.2, 0.25) is 0 Å². The zero-order valence-corrected chi connectivity index (χ0v) is 16.3. The molecule has 6 heteroatoms. The molecule has 0 spiro atoms. The van der Waals surface area contributed by atoms with E-state index in [1.807, 2.05) is 38.1 Å². The third kappa shape index (κ3) is 5.08. The summed E-state index contributed by atoms with van der Waals surface area (Å²) in [6.07, 6.45) is 1.36. The minimum absolute atomic E-state index is 0.226. The van der Waals surface area contributed by atoms with Crippen molar-refractivity contribution in [2.24, 2.45) is 0 Å². The van der Waals surface area contributed by atoms with Crippen molar-refractivity contribution in [3.05, 3.63) is 59.7 Å². The Morgan fingerprint density at radius 2 is 1.69 bits per heavy atom. The largest absolute Gasteiger partial charge is 0.481 e. The molecule has 2 rings (SSSR count). The fourth-order valence-corrected chi connectivity index (χ4v) is 3.20. The van der Waals surface area contributed by atoms with Gasteiger partial charge in [0.25, 0.3) is 5.91 Å². The van der Waals surface area contributed by atoms with Crippen molar-refractivity contribution in [1.29, 1.82) is 0 Å². The standard InChI is InChI=1S/C20H25NO4S/c1-5-16-8-6-7-9-19(16)25-15(3)20(22)21-14(2)17-10-12-18(13-11-17)26(4,23)24/h6-15H,5H2,1-4H3,(H,21,22)/t14-,15+/m0/s1. The average molecular weight is 375 g/mol. The van der Waals surface area contributed by atoms with E-state index in [4.69, 9.17) is 4.74 Å². The number of sulfone groups is 1. The van der Waals surface area contributed by atoms with E-state index < -0.39 is 15.9 Å². The molecule has 0 heterocycles. The minimum Gasteiger partial charge on any atom is -0.481 e. The minimum atomic E-state index is -3.23. The molecule has 0 saturated heterocycles. The Labute approximate surface area is 155 Å². The van der Waals surface area contributed by atoms with E-state index in [0.29, 0.717) is 5.75 Å². The lowest BCUT2D eigenvalue weighted by Gasteiger charge is -2.20. The molecule has 1 amide bonds. The molecule has 0 unspecified atom stereocenters. The van der Waals surface area contributed by atoms with Crippen molar-refractivity contribution in [3.8, 4) is 5.75 Å². The topological polar surface area (TPSA) is 72.5 Å². The van der Waals surface area contributed by atoms with Crippen LogP contribution in [0, 0.1) is 0 Å². The Balaban J connectivity index is 2.01. The normalized spacial score (nSPS) is 13.7. The van der Waals surface area contributed by atoms with Crippen molar-refractivity contribution < 1.29 is 17.9 Å². The lowest BCUT2D eigenvalue weighted by molar-refractivity contribution is -0.127. The molecule has 0 aliphatic carbocycles.